The number of carbonyl (C=O) groups excluding carboxylic acids is 1. The molecule has 0 bridgehead atoms. The lowest BCUT2D eigenvalue weighted by atomic mass is 10.2. The maximum atomic E-state index is 12.2. The first-order valence-corrected chi connectivity index (χ1v) is 6.54. The molecule has 22 heavy (non-hydrogen) atoms. The summed E-state index contributed by atoms with van der Waals surface area (Å²) in [5.74, 6) is 0.655. The molecule has 0 saturated carbocycles. The van der Waals surface area contributed by atoms with Gasteiger partial charge >= 0.3 is 0 Å². The van der Waals surface area contributed by atoms with E-state index in [2.05, 4.69) is 20.4 Å². The third-order valence-corrected chi connectivity index (χ3v) is 2.96. The van der Waals surface area contributed by atoms with Gasteiger partial charge in [-0.3, -0.25) is 4.79 Å². The van der Waals surface area contributed by atoms with Crippen LogP contribution >= 0.6 is 0 Å². The molecule has 3 rings (SSSR count). The molecule has 110 valence electrons. The third-order valence-electron chi connectivity index (χ3n) is 2.96. The monoisotopic (exact) mass is 295 g/mol. The Kier molecular flexibility index (Phi) is 3.78. The van der Waals surface area contributed by atoms with Gasteiger partial charge in [-0.2, -0.15) is 5.10 Å². The van der Waals surface area contributed by atoms with Crippen molar-refractivity contribution in [3.63, 3.8) is 0 Å². The van der Waals surface area contributed by atoms with E-state index in [-0.39, 0.29) is 5.91 Å². The van der Waals surface area contributed by atoms with Crippen LogP contribution in [0.2, 0.25) is 0 Å². The van der Waals surface area contributed by atoms with Gasteiger partial charge in [0.05, 0.1) is 30.8 Å². The minimum atomic E-state index is -0.284. The van der Waals surface area contributed by atoms with Crippen LogP contribution in [0.1, 0.15) is 10.4 Å². The summed E-state index contributed by atoms with van der Waals surface area (Å²) in [6.45, 7) is 0. The largest absolute Gasteiger partial charge is 0.496 e. The quantitative estimate of drug-likeness (QED) is 0.795. The van der Waals surface area contributed by atoms with Gasteiger partial charge < -0.3 is 10.1 Å². The topological polar surface area (TPSA) is 81.9 Å². The summed E-state index contributed by atoms with van der Waals surface area (Å²) in [6, 6.07) is 8.77. The number of anilines is 1. The third kappa shape index (κ3) is 2.78. The summed E-state index contributed by atoms with van der Waals surface area (Å²) in [7, 11) is 1.52. The molecule has 0 atom stereocenters. The second-order valence-electron chi connectivity index (χ2n) is 4.38. The van der Waals surface area contributed by atoms with Crippen molar-refractivity contribution in [2.45, 2.75) is 0 Å². The number of hydrogen-bond donors (Lipinski definition) is 1. The number of hydrogen-bond acceptors (Lipinski definition) is 5. The number of rotatable bonds is 4. The number of para-hydroxylation sites is 1. The Hall–Kier alpha value is -3.22. The number of amides is 1. The van der Waals surface area contributed by atoms with Crippen molar-refractivity contribution in [3.05, 3.63) is 60.7 Å². The van der Waals surface area contributed by atoms with Gasteiger partial charge in [-0.1, -0.05) is 12.1 Å². The van der Waals surface area contributed by atoms with E-state index in [1.807, 2.05) is 0 Å². The highest BCUT2D eigenvalue weighted by Gasteiger charge is 2.12. The molecule has 1 N–H and O–H groups in total. The van der Waals surface area contributed by atoms with Crippen LogP contribution in [0.25, 0.3) is 5.95 Å². The predicted molar refractivity (Wildman–Crippen MR) is 80.1 cm³/mol. The molecule has 0 spiro atoms. The standard InChI is InChI=1S/C15H13N5O2/c1-22-13-6-3-2-5-12(13)14(21)19-11-9-16-15(17-10-11)20-8-4-7-18-20/h2-10H,1H3,(H,19,21). The highest BCUT2D eigenvalue weighted by atomic mass is 16.5. The molecule has 3 aromatic rings. The fourth-order valence-corrected chi connectivity index (χ4v) is 1.92. The molecule has 0 aliphatic heterocycles. The number of nitrogens with one attached hydrogen (secondary N) is 1. The van der Waals surface area contributed by atoms with Crippen LogP contribution in [-0.4, -0.2) is 32.8 Å². The van der Waals surface area contributed by atoms with Gasteiger partial charge in [-0.15, -0.1) is 0 Å². The molecule has 1 aromatic carbocycles. The minimum Gasteiger partial charge on any atom is -0.496 e. The Morgan fingerprint density at radius 1 is 1.18 bits per heavy atom. The van der Waals surface area contributed by atoms with E-state index in [0.29, 0.717) is 22.9 Å². The molecular formula is C15H13N5O2. The maximum absolute atomic E-state index is 12.2. The molecule has 0 fully saturated rings. The highest BCUT2D eigenvalue weighted by Crippen LogP contribution is 2.18. The van der Waals surface area contributed by atoms with Gasteiger partial charge in [-0.25, -0.2) is 14.6 Å². The van der Waals surface area contributed by atoms with Gasteiger partial charge in [0, 0.05) is 12.4 Å². The average Bonchev–Trinajstić information content (AvgIpc) is 3.10. The molecule has 1 amide bonds. The number of ether oxygens (including phenoxy) is 1. The predicted octanol–water partition coefficient (Wildman–Crippen LogP) is 1.92. The number of carbonyl (C=O) groups is 1. The summed E-state index contributed by atoms with van der Waals surface area (Å²) in [5, 5.41) is 6.77. The summed E-state index contributed by atoms with van der Waals surface area (Å²) >= 11 is 0. The summed E-state index contributed by atoms with van der Waals surface area (Å²) < 4.78 is 6.70. The molecule has 0 aliphatic carbocycles. The molecule has 7 nitrogen and oxygen atoms in total. The summed E-state index contributed by atoms with van der Waals surface area (Å²) in [4.78, 5) is 20.6. The molecular weight excluding hydrogens is 282 g/mol. The number of methoxy groups -OCH3 is 1. The number of nitrogens with zero attached hydrogens (tertiary/aromatic N) is 4. The fourth-order valence-electron chi connectivity index (χ4n) is 1.92. The van der Waals surface area contributed by atoms with Gasteiger partial charge in [0.2, 0.25) is 0 Å². The van der Waals surface area contributed by atoms with Crippen LogP contribution in [0.4, 0.5) is 5.69 Å². The van der Waals surface area contributed by atoms with Crippen LogP contribution in [0.3, 0.4) is 0 Å². The van der Waals surface area contributed by atoms with Crippen LogP contribution in [0.15, 0.2) is 55.1 Å². The number of benzene rings is 1. The zero-order valence-corrected chi connectivity index (χ0v) is 11.8. The van der Waals surface area contributed by atoms with Crippen molar-refractivity contribution < 1.29 is 9.53 Å². The molecule has 0 saturated heterocycles. The van der Waals surface area contributed by atoms with E-state index in [4.69, 9.17) is 4.74 Å². The maximum Gasteiger partial charge on any atom is 0.259 e. The zero-order chi connectivity index (χ0) is 15.4. The first-order chi connectivity index (χ1) is 10.8. The van der Waals surface area contributed by atoms with Crippen molar-refractivity contribution in [3.8, 4) is 11.7 Å². The van der Waals surface area contributed by atoms with Gasteiger partial charge in [-0.05, 0) is 18.2 Å². The van der Waals surface area contributed by atoms with E-state index in [9.17, 15) is 4.79 Å². The van der Waals surface area contributed by atoms with Crippen molar-refractivity contribution in [2.75, 3.05) is 12.4 Å². The molecule has 7 heteroatoms. The molecule has 0 aliphatic rings. The van der Waals surface area contributed by atoms with Crippen LogP contribution < -0.4 is 10.1 Å². The van der Waals surface area contributed by atoms with Gasteiger partial charge in [0.1, 0.15) is 5.75 Å². The molecule has 0 radical (unpaired) electrons. The fraction of sp³-hybridized carbons (Fsp3) is 0.0667. The van der Waals surface area contributed by atoms with E-state index in [0.717, 1.165) is 0 Å². The zero-order valence-electron chi connectivity index (χ0n) is 11.8. The lowest BCUT2D eigenvalue weighted by Gasteiger charge is -2.08. The van der Waals surface area contributed by atoms with Gasteiger partial charge in [0.25, 0.3) is 11.9 Å². The second-order valence-corrected chi connectivity index (χ2v) is 4.38. The van der Waals surface area contributed by atoms with Crippen LogP contribution in [-0.2, 0) is 0 Å². The Morgan fingerprint density at radius 2 is 1.95 bits per heavy atom. The van der Waals surface area contributed by atoms with Crippen molar-refractivity contribution >= 4 is 11.6 Å². The normalized spacial score (nSPS) is 10.2. The lowest BCUT2D eigenvalue weighted by Crippen LogP contribution is -2.14. The minimum absolute atomic E-state index is 0.284. The highest BCUT2D eigenvalue weighted by molar-refractivity contribution is 6.06. The molecule has 2 heterocycles. The van der Waals surface area contributed by atoms with Crippen LogP contribution in [0.5, 0.6) is 5.75 Å². The SMILES string of the molecule is COc1ccccc1C(=O)Nc1cnc(-n2cccn2)nc1. The lowest BCUT2D eigenvalue weighted by molar-refractivity contribution is 0.102. The van der Waals surface area contributed by atoms with E-state index in [1.54, 1.807) is 42.7 Å². The van der Waals surface area contributed by atoms with Crippen LogP contribution in [0, 0.1) is 0 Å². The first kappa shape index (κ1) is 13.7. The smallest absolute Gasteiger partial charge is 0.259 e. The average molecular weight is 295 g/mol. The van der Waals surface area contributed by atoms with E-state index >= 15 is 0 Å². The van der Waals surface area contributed by atoms with Gasteiger partial charge in [0.15, 0.2) is 0 Å². The number of aromatic nitrogens is 4. The Labute approximate surface area is 126 Å². The van der Waals surface area contributed by atoms with Crippen molar-refractivity contribution in [1.29, 1.82) is 0 Å². The van der Waals surface area contributed by atoms with Crippen molar-refractivity contribution in [2.24, 2.45) is 0 Å². The first-order valence-electron chi connectivity index (χ1n) is 6.54. The van der Waals surface area contributed by atoms with E-state index in [1.165, 1.54) is 24.2 Å². The Balaban J connectivity index is 1.77. The van der Waals surface area contributed by atoms with Crippen molar-refractivity contribution in [1.82, 2.24) is 19.7 Å². The Bertz CT molecular complexity index is 769. The Morgan fingerprint density at radius 3 is 2.64 bits per heavy atom. The second kappa shape index (κ2) is 6.04. The summed E-state index contributed by atoms with van der Waals surface area (Å²) in [6.07, 6.45) is 6.43. The van der Waals surface area contributed by atoms with E-state index < -0.39 is 0 Å². The summed E-state index contributed by atoms with van der Waals surface area (Å²) in [5.41, 5.74) is 0.938. The molecule has 2 aromatic heterocycles. The molecule has 0 unspecified atom stereocenters.